The lowest BCUT2D eigenvalue weighted by atomic mass is 10.0. The van der Waals surface area contributed by atoms with Gasteiger partial charge in [-0.2, -0.15) is 9.36 Å². The average molecular weight is 546 g/mol. The van der Waals surface area contributed by atoms with E-state index in [1.807, 2.05) is 10.6 Å². The van der Waals surface area contributed by atoms with Crippen molar-refractivity contribution in [2.45, 2.75) is 18.0 Å². The third kappa shape index (κ3) is 4.58. The Morgan fingerprint density at radius 3 is 3.00 bits per heavy atom. The molecule has 37 heavy (non-hydrogen) atoms. The monoisotopic (exact) mass is 545 g/mol. The van der Waals surface area contributed by atoms with E-state index < -0.39 is 29.2 Å². The van der Waals surface area contributed by atoms with Gasteiger partial charge in [-0.05, 0) is 6.07 Å². The first-order valence-corrected chi connectivity index (χ1v) is 12.5. The number of aliphatic carboxylic acids is 1. The fourth-order valence-corrected chi connectivity index (χ4v) is 5.71. The Kier molecular flexibility index (Phi) is 6.72. The Balaban J connectivity index is 1.36. The molecule has 5 heterocycles. The lowest BCUT2D eigenvalue weighted by Crippen LogP contribution is -2.71. The lowest BCUT2D eigenvalue weighted by molar-refractivity contribution is -0.662. The topological polar surface area (TPSA) is 193 Å². The molecule has 0 aliphatic carbocycles. The second kappa shape index (κ2) is 10.1. The normalized spacial score (nSPS) is 19.5. The molecule has 17 heteroatoms. The van der Waals surface area contributed by atoms with Gasteiger partial charge in [0.1, 0.15) is 24.2 Å². The predicted molar refractivity (Wildman–Crippen MR) is 126 cm³/mol. The predicted octanol–water partition coefficient (Wildman–Crippen LogP) is -2.52. The number of nitrogens with two attached hydrogens (primary N) is 1. The number of aromatic nitrogens is 5. The van der Waals surface area contributed by atoms with Gasteiger partial charge < -0.3 is 30.5 Å². The molecule has 2 amide bonds. The van der Waals surface area contributed by atoms with E-state index >= 15 is 0 Å². The second-order valence-corrected chi connectivity index (χ2v) is 9.67. The van der Waals surface area contributed by atoms with Crippen molar-refractivity contribution in [2.24, 2.45) is 5.16 Å². The van der Waals surface area contributed by atoms with Crippen molar-refractivity contribution in [1.82, 2.24) is 29.2 Å². The first-order valence-electron chi connectivity index (χ1n) is 10.7. The number of β-lactam (4-membered cyclic amide) rings is 1. The molecule has 1 fully saturated rings. The van der Waals surface area contributed by atoms with Crippen molar-refractivity contribution in [3.63, 3.8) is 0 Å². The van der Waals surface area contributed by atoms with Gasteiger partial charge in [0.2, 0.25) is 18.3 Å². The van der Waals surface area contributed by atoms with Crippen molar-refractivity contribution in [1.29, 1.82) is 0 Å². The van der Waals surface area contributed by atoms with Crippen molar-refractivity contribution in [2.75, 3.05) is 25.4 Å². The van der Waals surface area contributed by atoms with Crippen LogP contribution in [0.4, 0.5) is 5.13 Å². The number of anilines is 1. The number of amides is 2. The second-order valence-electron chi connectivity index (χ2n) is 7.78. The molecular weight excluding hydrogens is 526 g/mol. The van der Waals surface area contributed by atoms with Crippen LogP contribution < -0.4 is 20.7 Å². The first-order chi connectivity index (χ1) is 17.9. The minimum atomic E-state index is -1.47. The summed E-state index contributed by atoms with van der Waals surface area (Å²) < 4.78 is 12.2. The Bertz CT molecular complexity index is 1450. The van der Waals surface area contributed by atoms with Crippen LogP contribution in [0, 0.1) is 0 Å². The maximum atomic E-state index is 13.0. The minimum absolute atomic E-state index is 0.0834. The van der Waals surface area contributed by atoms with Crippen LogP contribution in [-0.4, -0.2) is 78.4 Å². The number of carbonyl (C=O) groups excluding carboxylic acids is 3. The van der Waals surface area contributed by atoms with Gasteiger partial charge in [-0.25, -0.2) is 4.57 Å². The number of nitrogens with zero attached hydrogens (tertiary/aromatic N) is 7. The maximum absolute atomic E-state index is 13.0. The third-order valence-corrected chi connectivity index (χ3v) is 7.40. The number of nitrogen functional groups attached to an aromatic ring is 1. The van der Waals surface area contributed by atoms with Crippen LogP contribution >= 0.6 is 23.3 Å². The van der Waals surface area contributed by atoms with Gasteiger partial charge in [-0.3, -0.25) is 14.5 Å². The van der Waals surface area contributed by atoms with Gasteiger partial charge in [0, 0.05) is 36.0 Å². The highest BCUT2D eigenvalue weighted by Crippen LogP contribution is 2.40. The molecule has 3 N–H and O–H groups in total. The molecule has 5 rings (SSSR count). The fraction of sp³-hybridized carbons (Fsp3) is 0.300. The van der Waals surface area contributed by atoms with E-state index in [-0.39, 0.29) is 35.7 Å². The SMILES string of the molecule is COCO/N=C(\C(=O)N[C@@H]1C(=O)N2C(C(=O)[O-])=C(C[n+]3ccn4ncccc43)CS[C@H]12)c1nsc(N)n1. The number of carboxylic acids is 1. The van der Waals surface area contributed by atoms with E-state index in [1.54, 1.807) is 29.2 Å². The number of thioether (sulfide) groups is 1. The smallest absolute Gasteiger partial charge is 0.307 e. The van der Waals surface area contributed by atoms with E-state index in [2.05, 4.69) is 24.9 Å². The molecule has 0 aromatic carbocycles. The molecule has 3 aromatic rings. The zero-order chi connectivity index (χ0) is 26.1. The number of oxime groups is 1. The van der Waals surface area contributed by atoms with Crippen LogP contribution in [0.3, 0.4) is 0 Å². The molecule has 0 bridgehead atoms. The van der Waals surface area contributed by atoms with E-state index in [0.717, 1.165) is 22.1 Å². The standard InChI is InChI=1S/C20H19N9O6S2/c1-34-9-35-25-12(15-24-20(21)37-26-15)16(30)23-13-17(31)29-14(19(32)33)10(8-36-18(13)29)7-27-5-6-28-11(27)3-2-4-22-28/h2-6,13,18H,7-9H2,1H3,(H3-,21,23,24,26,30,32,33)/b25-12-/t13-,18-/m1/s1. The summed E-state index contributed by atoms with van der Waals surface area (Å²) in [4.78, 5) is 48.1. The Morgan fingerprint density at radius 2 is 2.27 bits per heavy atom. The zero-order valence-electron chi connectivity index (χ0n) is 19.1. The van der Waals surface area contributed by atoms with Gasteiger partial charge >= 0.3 is 5.65 Å². The summed E-state index contributed by atoms with van der Waals surface area (Å²) in [7, 11) is 1.38. The number of fused-ring (bicyclic) bond motifs is 2. The molecule has 2 aliphatic heterocycles. The molecule has 2 aliphatic rings. The summed E-state index contributed by atoms with van der Waals surface area (Å²) in [5, 5.41) is 22.0. The molecule has 15 nitrogen and oxygen atoms in total. The molecule has 0 radical (unpaired) electrons. The lowest BCUT2D eigenvalue weighted by Gasteiger charge is -2.50. The molecule has 2 atom stereocenters. The summed E-state index contributed by atoms with van der Waals surface area (Å²) in [5.41, 5.74) is 6.34. The van der Waals surface area contributed by atoms with Gasteiger partial charge in [-0.15, -0.1) is 16.3 Å². The quantitative estimate of drug-likeness (QED) is 0.0720. The van der Waals surface area contributed by atoms with E-state index in [9.17, 15) is 19.5 Å². The van der Waals surface area contributed by atoms with Crippen molar-refractivity contribution >= 4 is 57.6 Å². The number of rotatable bonds is 9. The summed E-state index contributed by atoms with van der Waals surface area (Å²) in [6, 6.07) is 2.60. The molecule has 192 valence electrons. The van der Waals surface area contributed by atoms with Crippen molar-refractivity contribution < 1.29 is 33.6 Å². The fourth-order valence-electron chi connectivity index (χ4n) is 3.94. The Labute approximate surface area is 216 Å². The largest absolute Gasteiger partial charge is 0.543 e. The molecule has 3 aromatic heterocycles. The summed E-state index contributed by atoms with van der Waals surface area (Å²) >= 11 is 2.18. The van der Waals surface area contributed by atoms with Crippen molar-refractivity contribution in [3.8, 4) is 0 Å². The number of nitrogens with one attached hydrogen (secondary N) is 1. The van der Waals surface area contributed by atoms with E-state index in [1.165, 1.54) is 18.9 Å². The molecule has 1 saturated heterocycles. The van der Waals surface area contributed by atoms with Gasteiger partial charge in [-0.1, -0.05) is 10.3 Å². The number of methoxy groups -OCH3 is 1. The number of hydrogen-bond acceptors (Lipinski definition) is 13. The number of hydrogen-bond donors (Lipinski definition) is 2. The minimum Gasteiger partial charge on any atom is -0.543 e. The summed E-state index contributed by atoms with van der Waals surface area (Å²) in [6.07, 6.45) is 5.15. The molecule has 0 spiro atoms. The van der Waals surface area contributed by atoms with Crippen LogP contribution in [-0.2, 0) is 30.5 Å². The molecule has 0 unspecified atom stereocenters. The Morgan fingerprint density at radius 1 is 1.43 bits per heavy atom. The van der Waals surface area contributed by atoms with Crippen LogP contribution in [0.2, 0.25) is 0 Å². The summed E-state index contributed by atoms with van der Waals surface area (Å²) in [5.74, 6) is -2.64. The van der Waals surface area contributed by atoms with Crippen LogP contribution in [0.25, 0.3) is 5.65 Å². The van der Waals surface area contributed by atoms with Crippen LogP contribution in [0.5, 0.6) is 0 Å². The van der Waals surface area contributed by atoms with Gasteiger partial charge in [0.25, 0.3) is 11.8 Å². The van der Waals surface area contributed by atoms with Crippen LogP contribution in [0.1, 0.15) is 5.82 Å². The average Bonchev–Trinajstić information content (AvgIpc) is 3.50. The van der Waals surface area contributed by atoms with Crippen LogP contribution in [0.15, 0.2) is 47.1 Å². The third-order valence-electron chi connectivity index (χ3n) is 5.52. The molecule has 0 saturated carbocycles. The number of imidazole rings is 1. The zero-order valence-corrected chi connectivity index (χ0v) is 20.8. The first kappa shape index (κ1) is 24.6. The highest BCUT2D eigenvalue weighted by atomic mass is 32.2. The number of ether oxygens (including phenoxy) is 1. The van der Waals surface area contributed by atoms with Crippen molar-refractivity contribution in [3.05, 3.63) is 47.8 Å². The highest BCUT2D eigenvalue weighted by Gasteiger charge is 2.53. The number of carboxylic acid groups (broad SMARTS) is 1. The number of carbonyl (C=O) groups is 3. The van der Waals surface area contributed by atoms with E-state index in [4.69, 9.17) is 15.3 Å². The molecular formula is C20H19N9O6S2. The Hall–Kier alpha value is -4.09. The van der Waals surface area contributed by atoms with E-state index in [0.29, 0.717) is 11.3 Å². The summed E-state index contributed by atoms with van der Waals surface area (Å²) in [6.45, 7) is -0.0185. The van der Waals surface area contributed by atoms with Gasteiger partial charge in [0.05, 0.1) is 17.9 Å². The van der Waals surface area contributed by atoms with Gasteiger partial charge in [0.15, 0.2) is 11.3 Å². The highest BCUT2D eigenvalue weighted by molar-refractivity contribution is 8.00. The maximum Gasteiger partial charge on any atom is 0.307 e.